The van der Waals surface area contributed by atoms with Gasteiger partial charge in [-0.3, -0.25) is 0 Å². The molecule has 0 aliphatic heterocycles. The van der Waals surface area contributed by atoms with Gasteiger partial charge in [-0.05, 0) is 34.9 Å². The Morgan fingerprint density at radius 2 is 1.32 bits per heavy atom. The van der Waals surface area contributed by atoms with E-state index in [2.05, 4.69) is 108 Å². The topological polar surface area (TPSA) is 30.7 Å². The molecule has 0 spiro atoms. The number of allylic oxidation sites excluding steroid dienone is 1. The van der Waals surface area contributed by atoms with Crippen molar-refractivity contribution >= 4 is 21.7 Å². The van der Waals surface area contributed by atoms with E-state index in [-0.39, 0.29) is 0 Å². The summed E-state index contributed by atoms with van der Waals surface area (Å²) >= 11 is 0. The number of rotatable bonds is 3. The van der Waals surface area contributed by atoms with Crippen LogP contribution < -0.4 is 0 Å². The molecule has 0 saturated carbocycles. The lowest BCUT2D eigenvalue weighted by Gasteiger charge is -2.16. The first-order chi connectivity index (χ1) is 20.3. The van der Waals surface area contributed by atoms with Gasteiger partial charge in [0.05, 0.1) is 28.8 Å². The van der Waals surface area contributed by atoms with Gasteiger partial charge >= 0.3 is 0 Å². The quantitative estimate of drug-likeness (QED) is 0.214. The lowest BCUT2D eigenvalue weighted by Crippen LogP contribution is -2.04. The second kappa shape index (κ2) is 10.4. The molecule has 0 amide bonds. The predicted molar refractivity (Wildman–Crippen MR) is 171 cm³/mol. The first kappa shape index (κ1) is 24.7. The molecule has 5 aromatic carbocycles. The van der Waals surface area contributed by atoms with Gasteiger partial charge in [0.1, 0.15) is 0 Å². The fourth-order valence-corrected chi connectivity index (χ4v) is 6.02. The molecule has 0 fully saturated rings. The second-order valence-electron chi connectivity index (χ2n) is 10.2. The Balaban J connectivity index is 0.000000884. The number of nitrogens with zero attached hydrogens (tertiary/aromatic N) is 3. The van der Waals surface area contributed by atoms with Crippen molar-refractivity contribution in [3.05, 3.63) is 151 Å². The molecular weight excluding hydrogens is 498 g/mol. The molecule has 2 aromatic heterocycles. The normalized spacial score (nSPS) is 11.5. The van der Waals surface area contributed by atoms with E-state index in [0.29, 0.717) is 0 Å². The summed E-state index contributed by atoms with van der Waals surface area (Å²) in [5, 5.41) is 3.90. The molecule has 41 heavy (non-hydrogen) atoms. The van der Waals surface area contributed by atoms with E-state index in [9.17, 15) is 0 Å². The van der Waals surface area contributed by atoms with Gasteiger partial charge in [-0.2, -0.15) is 0 Å². The van der Waals surface area contributed by atoms with Crippen LogP contribution in [0.4, 0.5) is 0 Å². The van der Waals surface area contributed by atoms with Crippen LogP contribution in [0.15, 0.2) is 140 Å². The minimum atomic E-state index is 0.729. The van der Waals surface area contributed by atoms with Crippen LogP contribution in [0.5, 0.6) is 0 Å². The van der Waals surface area contributed by atoms with Crippen molar-refractivity contribution in [3.63, 3.8) is 0 Å². The Hall–Kier alpha value is -5.28. The van der Waals surface area contributed by atoms with Crippen LogP contribution in [-0.2, 0) is 6.42 Å². The average molecular weight is 528 g/mol. The first-order valence-electron chi connectivity index (χ1n) is 14.0. The van der Waals surface area contributed by atoms with Crippen LogP contribution in [0.3, 0.4) is 0 Å². The van der Waals surface area contributed by atoms with Gasteiger partial charge in [0.2, 0.25) is 0 Å². The standard InChI is InChI=1S/C35H23N3.C3H6/c1-3-12-24(13-4-1)33-32(22-36-35(37-33)25-14-5-2-6-15-25)38-31-18-10-9-17-27(31)30-21-29-26-16-8-7-11-23(26)19-20-28(29)34(30)38;1-3-2/h1-20,22H,21H2;3H,1H2,2H3. The molecule has 1 aliphatic rings. The average Bonchev–Trinajstić information content (AvgIpc) is 3.57. The second-order valence-corrected chi connectivity index (χ2v) is 10.2. The van der Waals surface area contributed by atoms with Gasteiger partial charge in [0.15, 0.2) is 5.82 Å². The smallest absolute Gasteiger partial charge is 0.159 e. The fourth-order valence-electron chi connectivity index (χ4n) is 6.02. The van der Waals surface area contributed by atoms with E-state index in [4.69, 9.17) is 9.97 Å². The molecule has 1 aliphatic carbocycles. The van der Waals surface area contributed by atoms with E-state index >= 15 is 0 Å². The number of hydrogen-bond donors (Lipinski definition) is 0. The number of hydrogen-bond acceptors (Lipinski definition) is 2. The van der Waals surface area contributed by atoms with Gasteiger partial charge in [0.25, 0.3) is 0 Å². The van der Waals surface area contributed by atoms with Gasteiger partial charge in [-0.25, -0.2) is 9.97 Å². The van der Waals surface area contributed by atoms with Crippen molar-refractivity contribution in [2.24, 2.45) is 0 Å². The lowest BCUT2D eigenvalue weighted by atomic mass is 9.99. The molecule has 0 saturated heterocycles. The zero-order valence-electron chi connectivity index (χ0n) is 23.0. The minimum absolute atomic E-state index is 0.729. The predicted octanol–water partition coefficient (Wildman–Crippen LogP) is 9.67. The van der Waals surface area contributed by atoms with E-state index < -0.39 is 0 Å². The largest absolute Gasteiger partial charge is 0.305 e. The first-order valence-corrected chi connectivity index (χ1v) is 14.0. The van der Waals surface area contributed by atoms with Crippen molar-refractivity contribution in [2.45, 2.75) is 13.3 Å². The van der Waals surface area contributed by atoms with E-state index in [1.807, 2.05) is 37.4 Å². The summed E-state index contributed by atoms with van der Waals surface area (Å²) in [6.45, 7) is 5.25. The molecule has 8 rings (SSSR count). The van der Waals surface area contributed by atoms with E-state index in [1.165, 1.54) is 44.1 Å². The SMILES string of the molecule is C=CC.c1ccc(-c2ncc(-n3c4c(c5ccccc53)Cc3c-4ccc4ccccc34)c(-c3ccccc3)n2)cc1. The van der Waals surface area contributed by atoms with Crippen molar-refractivity contribution in [3.8, 4) is 39.6 Å². The highest BCUT2D eigenvalue weighted by Crippen LogP contribution is 2.47. The van der Waals surface area contributed by atoms with Crippen molar-refractivity contribution in [1.82, 2.24) is 14.5 Å². The minimum Gasteiger partial charge on any atom is -0.305 e. The zero-order valence-corrected chi connectivity index (χ0v) is 23.0. The third-order valence-corrected chi connectivity index (χ3v) is 7.72. The van der Waals surface area contributed by atoms with Crippen molar-refractivity contribution in [1.29, 1.82) is 0 Å². The summed E-state index contributed by atoms with van der Waals surface area (Å²) < 4.78 is 2.39. The molecule has 0 radical (unpaired) electrons. The Labute approximate surface area is 240 Å². The summed E-state index contributed by atoms with van der Waals surface area (Å²) in [6, 6.07) is 42.6. The van der Waals surface area contributed by atoms with E-state index in [0.717, 1.165) is 34.8 Å². The Morgan fingerprint density at radius 3 is 2.07 bits per heavy atom. The van der Waals surface area contributed by atoms with Crippen LogP contribution >= 0.6 is 0 Å². The van der Waals surface area contributed by atoms with Crippen molar-refractivity contribution < 1.29 is 0 Å². The van der Waals surface area contributed by atoms with Crippen LogP contribution in [-0.4, -0.2) is 14.5 Å². The zero-order chi connectivity index (χ0) is 27.8. The maximum Gasteiger partial charge on any atom is 0.159 e. The summed E-state index contributed by atoms with van der Waals surface area (Å²) in [7, 11) is 0. The monoisotopic (exact) mass is 527 g/mol. The highest BCUT2D eigenvalue weighted by atomic mass is 15.0. The fraction of sp³-hybridized carbons (Fsp3) is 0.0526. The van der Waals surface area contributed by atoms with Gasteiger partial charge < -0.3 is 4.57 Å². The van der Waals surface area contributed by atoms with Crippen LogP contribution in [0.25, 0.3) is 61.3 Å². The Kier molecular flexibility index (Phi) is 6.25. The number of fused-ring (bicyclic) bond motifs is 7. The van der Waals surface area contributed by atoms with Gasteiger partial charge in [0, 0.05) is 28.5 Å². The number of para-hydroxylation sites is 1. The molecule has 0 unspecified atom stereocenters. The third-order valence-electron chi connectivity index (χ3n) is 7.72. The molecule has 0 N–H and O–H groups in total. The lowest BCUT2D eigenvalue weighted by molar-refractivity contribution is 1.06. The molecule has 7 aromatic rings. The molecule has 0 bridgehead atoms. The Morgan fingerprint density at radius 1 is 0.683 bits per heavy atom. The number of aromatic nitrogens is 3. The van der Waals surface area contributed by atoms with Crippen molar-refractivity contribution in [2.75, 3.05) is 0 Å². The van der Waals surface area contributed by atoms with Gasteiger partial charge in [-0.15, -0.1) is 6.58 Å². The van der Waals surface area contributed by atoms with E-state index in [1.54, 1.807) is 6.08 Å². The van der Waals surface area contributed by atoms with Crippen LogP contribution in [0.1, 0.15) is 18.1 Å². The highest BCUT2D eigenvalue weighted by Gasteiger charge is 2.29. The van der Waals surface area contributed by atoms with Crippen LogP contribution in [0, 0.1) is 0 Å². The number of benzene rings is 5. The maximum absolute atomic E-state index is 5.18. The molecule has 3 heteroatoms. The molecule has 3 nitrogen and oxygen atoms in total. The summed E-state index contributed by atoms with van der Waals surface area (Å²) in [5.41, 5.74) is 10.5. The Bertz CT molecular complexity index is 2040. The molecule has 196 valence electrons. The maximum atomic E-state index is 5.18. The summed E-state index contributed by atoms with van der Waals surface area (Å²) in [6.07, 6.45) is 4.67. The summed E-state index contributed by atoms with van der Waals surface area (Å²) in [5.74, 6) is 0.729. The third kappa shape index (κ3) is 4.14. The summed E-state index contributed by atoms with van der Waals surface area (Å²) in [4.78, 5) is 10.1. The molecule has 0 atom stereocenters. The van der Waals surface area contributed by atoms with Gasteiger partial charge in [-0.1, -0.05) is 121 Å². The molecular formula is C38H29N3. The highest BCUT2D eigenvalue weighted by molar-refractivity contribution is 6.02. The molecule has 2 heterocycles. The van der Waals surface area contributed by atoms with Crippen LogP contribution in [0.2, 0.25) is 0 Å².